The van der Waals surface area contributed by atoms with E-state index in [0.717, 1.165) is 0 Å². The van der Waals surface area contributed by atoms with Gasteiger partial charge in [-0.05, 0) is 27.7 Å². The van der Waals surface area contributed by atoms with E-state index in [-0.39, 0.29) is 0 Å². The average molecular weight is 194 g/mol. The lowest BCUT2D eigenvalue weighted by Crippen LogP contribution is -2.47. The van der Waals surface area contributed by atoms with Crippen LogP contribution in [0.5, 0.6) is 0 Å². The predicted molar refractivity (Wildman–Crippen MR) is 50.1 cm³/mol. The molecule has 0 spiro atoms. The molecule has 0 aliphatic heterocycles. The SMILES string of the molecule is COOC(C)(C)C(C)(C)O.OBO. The van der Waals surface area contributed by atoms with E-state index in [1.165, 1.54) is 7.11 Å². The normalized spacial score (nSPS) is 11.7. The van der Waals surface area contributed by atoms with Gasteiger partial charge < -0.3 is 15.2 Å². The molecular weight excluding hydrogens is 175 g/mol. The molecule has 0 amide bonds. The highest BCUT2D eigenvalue weighted by atomic mass is 17.2. The maximum Gasteiger partial charge on any atom is 0.432 e. The van der Waals surface area contributed by atoms with E-state index in [0.29, 0.717) is 0 Å². The summed E-state index contributed by atoms with van der Waals surface area (Å²) in [6.45, 7) is 6.87. The Hall–Kier alpha value is -0.135. The lowest BCUT2D eigenvalue weighted by molar-refractivity contribution is -0.366. The van der Waals surface area contributed by atoms with Gasteiger partial charge in [-0.1, -0.05) is 0 Å². The zero-order valence-corrected chi connectivity index (χ0v) is 8.87. The van der Waals surface area contributed by atoms with Crippen LogP contribution >= 0.6 is 0 Å². The van der Waals surface area contributed by atoms with Gasteiger partial charge in [-0.15, -0.1) is 0 Å². The van der Waals surface area contributed by atoms with Crippen molar-refractivity contribution in [2.45, 2.75) is 38.9 Å². The Morgan fingerprint density at radius 3 is 1.46 bits per heavy atom. The van der Waals surface area contributed by atoms with Gasteiger partial charge in [0, 0.05) is 0 Å². The molecule has 0 rings (SSSR count). The fraction of sp³-hybridized carbons (Fsp3) is 1.00. The average Bonchev–Trinajstić information content (AvgIpc) is 1.85. The van der Waals surface area contributed by atoms with E-state index < -0.39 is 18.9 Å². The first-order valence-electron chi connectivity index (χ1n) is 3.89. The molecule has 0 aliphatic carbocycles. The summed E-state index contributed by atoms with van der Waals surface area (Å²) in [5.41, 5.74) is -1.58. The number of rotatable bonds is 3. The first kappa shape index (κ1) is 15.3. The van der Waals surface area contributed by atoms with E-state index in [2.05, 4.69) is 4.89 Å². The Morgan fingerprint density at radius 2 is 1.38 bits per heavy atom. The maximum atomic E-state index is 9.47. The van der Waals surface area contributed by atoms with Gasteiger partial charge in [-0.25, -0.2) is 9.78 Å². The second-order valence-electron chi connectivity index (χ2n) is 3.46. The largest absolute Gasteiger partial charge is 0.432 e. The summed E-state index contributed by atoms with van der Waals surface area (Å²) in [5.74, 6) is 0. The van der Waals surface area contributed by atoms with Crippen LogP contribution in [0.1, 0.15) is 27.7 Å². The Labute approximate surface area is 79.5 Å². The third-order valence-corrected chi connectivity index (χ3v) is 1.77. The minimum absolute atomic E-state index is 0.679. The van der Waals surface area contributed by atoms with Crippen LogP contribution in [-0.2, 0) is 9.78 Å². The topological polar surface area (TPSA) is 79.2 Å². The minimum Gasteiger partial charge on any atom is -0.430 e. The smallest absolute Gasteiger partial charge is 0.430 e. The van der Waals surface area contributed by atoms with Crippen molar-refractivity contribution >= 4 is 7.69 Å². The van der Waals surface area contributed by atoms with Crippen molar-refractivity contribution in [3.8, 4) is 0 Å². The summed E-state index contributed by atoms with van der Waals surface area (Å²) < 4.78 is 0. The molecule has 0 heterocycles. The van der Waals surface area contributed by atoms with E-state index >= 15 is 0 Å². The molecule has 0 saturated heterocycles. The van der Waals surface area contributed by atoms with Crippen LogP contribution in [0.15, 0.2) is 0 Å². The molecule has 0 atom stereocenters. The highest BCUT2D eigenvalue weighted by Crippen LogP contribution is 2.24. The minimum atomic E-state index is -0.900. The van der Waals surface area contributed by atoms with Gasteiger partial charge >= 0.3 is 7.69 Å². The van der Waals surface area contributed by atoms with Gasteiger partial charge in [0.25, 0.3) is 0 Å². The van der Waals surface area contributed by atoms with E-state index in [1.807, 2.05) is 0 Å². The van der Waals surface area contributed by atoms with Crippen LogP contribution in [-0.4, -0.2) is 41.2 Å². The summed E-state index contributed by atoms with van der Waals surface area (Å²) in [7, 11) is 0.674. The fourth-order valence-corrected chi connectivity index (χ4v) is 0.310. The molecule has 3 N–H and O–H groups in total. The van der Waals surface area contributed by atoms with Crippen LogP contribution in [0.4, 0.5) is 0 Å². The Balaban J connectivity index is 0. The Morgan fingerprint density at radius 1 is 1.08 bits per heavy atom. The molecule has 0 fully saturated rings. The molecule has 0 aromatic heterocycles. The number of hydrogen-bond acceptors (Lipinski definition) is 5. The van der Waals surface area contributed by atoms with Gasteiger partial charge in [-0.2, -0.15) is 0 Å². The molecular formula is C7H19BO5. The van der Waals surface area contributed by atoms with E-state index in [9.17, 15) is 5.11 Å². The van der Waals surface area contributed by atoms with Gasteiger partial charge in [0.2, 0.25) is 0 Å². The molecule has 0 radical (unpaired) electrons. The number of aliphatic hydroxyl groups is 1. The summed E-state index contributed by atoms with van der Waals surface area (Å²) >= 11 is 0. The van der Waals surface area contributed by atoms with Crippen molar-refractivity contribution in [2.75, 3.05) is 7.11 Å². The monoisotopic (exact) mass is 194 g/mol. The second kappa shape index (κ2) is 6.34. The van der Waals surface area contributed by atoms with E-state index in [4.69, 9.17) is 14.9 Å². The zero-order chi connectivity index (χ0) is 11.1. The molecule has 0 unspecified atom stereocenters. The van der Waals surface area contributed by atoms with Crippen molar-refractivity contribution in [3.63, 3.8) is 0 Å². The van der Waals surface area contributed by atoms with Gasteiger partial charge in [0.1, 0.15) is 5.60 Å². The summed E-state index contributed by atoms with van der Waals surface area (Å²) in [4.78, 5) is 9.32. The van der Waals surface area contributed by atoms with Crippen molar-refractivity contribution in [1.29, 1.82) is 0 Å². The summed E-state index contributed by atoms with van der Waals surface area (Å²) in [6.07, 6.45) is 0. The standard InChI is InChI=1S/C7H16O3.BH3O2/c1-6(2,8)7(3,4)10-9-5;2-1-3/h8H,1-5H3;1-3H. The first-order valence-corrected chi connectivity index (χ1v) is 3.89. The first-order chi connectivity index (χ1) is 5.72. The molecule has 5 nitrogen and oxygen atoms in total. The highest BCUT2D eigenvalue weighted by Gasteiger charge is 2.37. The van der Waals surface area contributed by atoms with E-state index in [1.54, 1.807) is 27.7 Å². The molecule has 0 saturated carbocycles. The molecule has 0 aliphatic rings. The van der Waals surface area contributed by atoms with Crippen molar-refractivity contribution in [1.82, 2.24) is 0 Å². The Kier molecular flexibility index (Phi) is 7.48. The van der Waals surface area contributed by atoms with Gasteiger partial charge in [-0.3, -0.25) is 0 Å². The summed E-state index contributed by atoms with van der Waals surface area (Å²) in [6, 6.07) is 0. The second-order valence-corrected chi connectivity index (χ2v) is 3.46. The predicted octanol–water partition coefficient (Wildman–Crippen LogP) is -0.649. The third-order valence-electron chi connectivity index (χ3n) is 1.77. The third kappa shape index (κ3) is 6.98. The van der Waals surface area contributed by atoms with Crippen molar-refractivity contribution < 1.29 is 24.9 Å². The summed E-state index contributed by atoms with van der Waals surface area (Å²) in [5, 5.41) is 23.7. The molecule has 0 aromatic carbocycles. The maximum absolute atomic E-state index is 9.47. The van der Waals surface area contributed by atoms with Crippen LogP contribution < -0.4 is 0 Å². The quantitative estimate of drug-likeness (QED) is 0.316. The molecule has 0 bridgehead atoms. The van der Waals surface area contributed by atoms with Crippen LogP contribution in [0, 0.1) is 0 Å². The fourth-order valence-electron chi connectivity index (χ4n) is 0.310. The molecule has 6 heteroatoms. The zero-order valence-electron chi connectivity index (χ0n) is 8.87. The highest BCUT2D eigenvalue weighted by molar-refractivity contribution is 6.13. The van der Waals surface area contributed by atoms with Crippen molar-refractivity contribution in [3.05, 3.63) is 0 Å². The molecule has 13 heavy (non-hydrogen) atoms. The van der Waals surface area contributed by atoms with Gasteiger partial charge in [0.05, 0.1) is 12.7 Å². The molecule has 0 aromatic rings. The lowest BCUT2D eigenvalue weighted by Gasteiger charge is -2.34. The molecule has 80 valence electrons. The Bertz CT molecular complexity index is 121. The number of hydrogen-bond donors (Lipinski definition) is 3. The van der Waals surface area contributed by atoms with Crippen LogP contribution in [0.3, 0.4) is 0 Å². The van der Waals surface area contributed by atoms with Crippen molar-refractivity contribution in [2.24, 2.45) is 0 Å². The van der Waals surface area contributed by atoms with Crippen LogP contribution in [0.2, 0.25) is 0 Å². The van der Waals surface area contributed by atoms with Gasteiger partial charge in [0.15, 0.2) is 0 Å². The van der Waals surface area contributed by atoms with Crippen LogP contribution in [0.25, 0.3) is 0 Å². The lowest BCUT2D eigenvalue weighted by atomic mass is 9.90.